The van der Waals surface area contributed by atoms with E-state index in [1.165, 1.54) is 0 Å². The highest BCUT2D eigenvalue weighted by Gasteiger charge is 2.11. The number of oxime groups is 1. The lowest BCUT2D eigenvalue weighted by molar-refractivity contribution is 0.223. The fourth-order valence-corrected chi connectivity index (χ4v) is 2.02. The van der Waals surface area contributed by atoms with Gasteiger partial charge in [-0.25, -0.2) is 0 Å². The predicted octanol–water partition coefficient (Wildman–Crippen LogP) is 1.28. The molecule has 0 amide bonds. The lowest BCUT2D eigenvalue weighted by Gasteiger charge is -2.19. The molecule has 1 aromatic carbocycles. The molecule has 0 saturated heterocycles. The standard InChI is InChI=1S/C14H23N3O2/c1-10(2)7-12(9-18)16-8-11-5-3-4-6-13(11)14(15)17-19/h3-6,10,12,16,18-19H,7-9H2,1-2H3,(H2,15,17). The van der Waals surface area contributed by atoms with E-state index in [1.807, 2.05) is 24.3 Å². The van der Waals surface area contributed by atoms with E-state index >= 15 is 0 Å². The Balaban J connectivity index is 2.72. The molecule has 0 aliphatic carbocycles. The molecular weight excluding hydrogens is 242 g/mol. The van der Waals surface area contributed by atoms with Gasteiger partial charge in [0.2, 0.25) is 0 Å². The monoisotopic (exact) mass is 265 g/mol. The van der Waals surface area contributed by atoms with Gasteiger partial charge in [0.15, 0.2) is 5.84 Å². The van der Waals surface area contributed by atoms with Gasteiger partial charge in [-0.2, -0.15) is 0 Å². The van der Waals surface area contributed by atoms with Crippen LogP contribution >= 0.6 is 0 Å². The quantitative estimate of drug-likeness (QED) is 0.259. The summed E-state index contributed by atoms with van der Waals surface area (Å²) in [5.74, 6) is 0.616. The molecule has 0 spiro atoms. The maximum atomic E-state index is 9.33. The van der Waals surface area contributed by atoms with Crippen LogP contribution in [0, 0.1) is 5.92 Å². The highest BCUT2D eigenvalue weighted by atomic mass is 16.4. The van der Waals surface area contributed by atoms with E-state index in [0.717, 1.165) is 12.0 Å². The topological polar surface area (TPSA) is 90.9 Å². The molecule has 5 heteroatoms. The summed E-state index contributed by atoms with van der Waals surface area (Å²) in [4.78, 5) is 0. The third kappa shape index (κ3) is 4.89. The Morgan fingerprint density at radius 1 is 1.37 bits per heavy atom. The molecule has 0 aliphatic heterocycles. The van der Waals surface area contributed by atoms with Gasteiger partial charge in [0.05, 0.1) is 6.61 Å². The SMILES string of the molecule is CC(C)CC(CO)NCc1ccccc1C(N)=NO. The van der Waals surface area contributed by atoms with E-state index in [0.29, 0.717) is 18.0 Å². The molecule has 1 aromatic rings. The van der Waals surface area contributed by atoms with Crippen molar-refractivity contribution in [2.24, 2.45) is 16.8 Å². The molecule has 0 bridgehead atoms. The summed E-state index contributed by atoms with van der Waals surface area (Å²) in [7, 11) is 0. The third-order valence-corrected chi connectivity index (χ3v) is 2.96. The normalized spacial score (nSPS) is 13.8. The second-order valence-electron chi connectivity index (χ2n) is 5.03. The molecule has 0 aliphatic rings. The van der Waals surface area contributed by atoms with Gasteiger partial charge < -0.3 is 21.4 Å². The van der Waals surface area contributed by atoms with Crippen molar-refractivity contribution in [1.29, 1.82) is 0 Å². The van der Waals surface area contributed by atoms with Crippen molar-refractivity contribution in [3.05, 3.63) is 35.4 Å². The Morgan fingerprint density at radius 3 is 2.63 bits per heavy atom. The third-order valence-electron chi connectivity index (χ3n) is 2.96. The summed E-state index contributed by atoms with van der Waals surface area (Å²) in [5.41, 5.74) is 7.29. The van der Waals surface area contributed by atoms with Crippen LogP contribution in [0.25, 0.3) is 0 Å². The second-order valence-corrected chi connectivity index (χ2v) is 5.03. The minimum absolute atomic E-state index is 0.0559. The number of amidine groups is 1. The molecule has 0 radical (unpaired) electrons. The van der Waals surface area contributed by atoms with Gasteiger partial charge in [-0.15, -0.1) is 0 Å². The van der Waals surface area contributed by atoms with Gasteiger partial charge >= 0.3 is 0 Å². The van der Waals surface area contributed by atoms with Gasteiger partial charge in [0, 0.05) is 18.2 Å². The van der Waals surface area contributed by atoms with Crippen LogP contribution in [0.15, 0.2) is 29.4 Å². The molecule has 5 nitrogen and oxygen atoms in total. The Bertz CT molecular complexity index is 419. The van der Waals surface area contributed by atoms with Crippen molar-refractivity contribution >= 4 is 5.84 Å². The van der Waals surface area contributed by atoms with Crippen molar-refractivity contribution in [1.82, 2.24) is 5.32 Å². The van der Waals surface area contributed by atoms with Gasteiger partial charge in [-0.3, -0.25) is 0 Å². The summed E-state index contributed by atoms with van der Waals surface area (Å²) < 4.78 is 0. The zero-order chi connectivity index (χ0) is 14.3. The molecule has 19 heavy (non-hydrogen) atoms. The van der Waals surface area contributed by atoms with E-state index in [1.54, 1.807) is 0 Å². The number of benzene rings is 1. The minimum Gasteiger partial charge on any atom is -0.409 e. The number of aliphatic hydroxyl groups is 1. The second kappa shape index (κ2) is 7.76. The number of hydrogen-bond acceptors (Lipinski definition) is 4. The van der Waals surface area contributed by atoms with Crippen LogP contribution in [-0.4, -0.2) is 28.8 Å². The van der Waals surface area contributed by atoms with E-state index in [4.69, 9.17) is 10.9 Å². The van der Waals surface area contributed by atoms with Crippen LogP contribution in [0.5, 0.6) is 0 Å². The molecule has 0 fully saturated rings. The molecule has 1 unspecified atom stereocenters. The van der Waals surface area contributed by atoms with Crippen molar-refractivity contribution in [3.63, 3.8) is 0 Å². The van der Waals surface area contributed by atoms with Crippen molar-refractivity contribution in [2.75, 3.05) is 6.61 Å². The zero-order valence-electron chi connectivity index (χ0n) is 11.5. The first-order valence-corrected chi connectivity index (χ1v) is 6.48. The summed E-state index contributed by atoms with van der Waals surface area (Å²) in [5, 5.41) is 24.4. The van der Waals surface area contributed by atoms with E-state index in [9.17, 15) is 5.11 Å². The van der Waals surface area contributed by atoms with Gasteiger partial charge in [0.1, 0.15) is 0 Å². The Hall–Kier alpha value is -1.59. The highest BCUT2D eigenvalue weighted by Crippen LogP contribution is 2.10. The largest absolute Gasteiger partial charge is 0.409 e. The highest BCUT2D eigenvalue weighted by molar-refractivity contribution is 5.98. The van der Waals surface area contributed by atoms with Crippen molar-refractivity contribution < 1.29 is 10.3 Å². The number of aliphatic hydroxyl groups excluding tert-OH is 1. The summed E-state index contributed by atoms with van der Waals surface area (Å²) in [6.07, 6.45) is 0.905. The lowest BCUT2D eigenvalue weighted by Crippen LogP contribution is -2.34. The maximum Gasteiger partial charge on any atom is 0.170 e. The van der Waals surface area contributed by atoms with Crippen LogP contribution in [0.2, 0.25) is 0 Å². The summed E-state index contributed by atoms with van der Waals surface area (Å²) in [6.45, 7) is 4.91. The van der Waals surface area contributed by atoms with Crippen LogP contribution in [0.4, 0.5) is 0 Å². The molecule has 0 saturated carbocycles. The number of hydrogen-bond donors (Lipinski definition) is 4. The fourth-order valence-electron chi connectivity index (χ4n) is 2.02. The van der Waals surface area contributed by atoms with Gasteiger partial charge in [-0.1, -0.05) is 43.3 Å². The number of nitrogens with zero attached hydrogens (tertiary/aromatic N) is 1. The van der Waals surface area contributed by atoms with Crippen molar-refractivity contribution in [2.45, 2.75) is 32.9 Å². The van der Waals surface area contributed by atoms with E-state index < -0.39 is 0 Å². The Morgan fingerprint density at radius 2 is 2.05 bits per heavy atom. The first kappa shape index (κ1) is 15.5. The van der Waals surface area contributed by atoms with Crippen LogP contribution in [0.3, 0.4) is 0 Å². The van der Waals surface area contributed by atoms with Crippen molar-refractivity contribution in [3.8, 4) is 0 Å². The molecule has 1 atom stereocenters. The summed E-state index contributed by atoms with van der Waals surface area (Å²) >= 11 is 0. The van der Waals surface area contributed by atoms with Crippen LogP contribution in [-0.2, 0) is 6.54 Å². The van der Waals surface area contributed by atoms with Crippen LogP contribution < -0.4 is 11.1 Å². The molecule has 106 valence electrons. The Labute approximate surface area is 114 Å². The maximum absolute atomic E-state index is 9.33. The first-order chi connectivity index (χ1) is 9.08. The Kier molecular flexibility index (Phi) is 6.32. The molecule has 1 rings (SSSR count). The number of rotatable bonds is 7. The molecule has 0 heterocycles. The van der Waals surface area contributed by atoms with Gasteiger partial charge in [0.25, 0.3) is 0 Å². The zero-order valence-corrected chi connectivity index (χ0v) is 11.5. The van der Waals surface area contributed by atoms with Crippen LogP contribution in [0.1, 0.15) is 31.4 Å². The summed E-state index contributed by atoms with van der Waals surface area (Å²) in [6, 6.07) is 7.53. The molecule has 5 N–H and O–H groups in total. The average molecular weight is 265 g/mol. The number of nitrogens with one attached hydrogen (secondary N) is 1. The average Bonchev–Trinajstić information content (AvgIpc) is 2.42. The smallest absolute Gasteiger partial charge is 0.170 e. The number of nitrogens with two attached hydrogens (primary N) is 1. The van der Waals surface area contributed by atoms with Gasteiger partial charge in [-0.05, 0) is 17.9 Å². The van der Waals surface area contributed by atoms with E-state index in [2.05, 4.69) is 24.3 Å². The first-order valence-electron chi connectivity index (χ1n) is 6.48. The lowest BCUT2D eigenvalue weighted by atomic mass is 10.0. The molecule has 0 aromatic heterocycles. The predicted molar refractivity (Wildman–Crippen MR) is 76.1 cm³/mol. The minimum atomic E-state index is 0.0559. The molecular formula is C14H23N3O2. The fraction of sp³-hybridized carbons (Fsp3) is 0.500. The van der Waals surface area contributed by atoms with E-state index in [-0.39, 0.29) is 18.5 Å².